The monoisotopic (exact) mass is 316 g/mol. The van der Waals surface area contributed by atoms with Gasteiger partial charge in [0, 0.05) is 30.9 Å². The fourth-order valence-corrected chi connectivity index (χ4v) is 4.16. The Morgan fingerprint density at radius 2 is 1.96 bits per heavy atom. The Hall–Kier alpha value is -1.55. The lowest BCUT2D eigenvalue weighted by Crippen LogP contribution is -2.43. The number of carbonyl (C=O) groups excluding carboxylic acids is 1. The summed E-state index contributed by atoms with van der Waals surface area (Å²) in [6, 6.07) is 8.38. The zero-order chi connectivity index (χ0) is 16.1. The third-order valence-corrected chi connectivity index (χ3v) is 5.31. The molecule has 2 fully saturated rings. The molecule has 1 saturated carbocycles. The first kappa shape index (κ1) is 16.3. The number of ether oxygens (including phenoxy) is 1. The first-order valence-corrected chi connectivity index (χ1v) is 8.94. The van der Waals surface area contributed by atoms with E-state index in [-0.39, 0.29) is 6.03 Å². The van der Waals surface area contributed by atoms with Crippen LogP contribution in [0.1, 0.15) is 50.5 Å². The minimum atomic E-state index is 0.0571. The molecule has 1 aromatic carbocycles. The van der Waals surface area contributed by atoms with Gasteiger partial charge in [0.25, 0.3) is 0 Å². The van der Waals surface area contributed by atoms with Crippen molar-refractivity contribution in [2.24, 2.45) is 5.92 Å². The van der Waals surface area contributed by atoms with Crippen LogP contribution in [-0.4, -0.2) is 30.6 Å². The fourth-order valence-electron chi connectivity index (χ4n) is 4.16. The van der Waals surface area contributed by atoms with E-state index in [9.17, 15) is 4.79 Å². The molecule has 3 rings (SSSR count). The molecule has 1 atom stereocenters. The number of carbonyl (C=O) groups is 1. The average Bonchev–Trinajstić information content (AvgIpc) is 3.07. The van der Waals surface area contributed by atoms with Gasteiger partial charge in [-0.25, -0.2) is 4.79 Å². The van der Waals surface area contributed by atoms with Crippen molar-refractivity contribution in [3.05, 3.63) is 29.8 Å². The first-order chi connectivity index (χ1) is 11.3. The largest absolute Gasteiger partial charge is 0.380 e. The van der Waals surface area contributed by atoms with Gasteiger partial charge in [-0.1, -0.05) is 37.5 Å². The Labute approximate surface area is 139 Å². The second-order valence-corrected chi connectivity index (χ2v) is 6.82. The summed E-state index contributed by atoms with van der Waals surface area (Å²) in [6.07, 6.45) is 8.88. The third kappa shape index (κ3) is 3.86. The molecule has 4 nitrogen and oxygen atoms in total. The summed E-state index contributed by atoms with van der Waals surface area (Å²) in [5.41, 5.74) is 1.89. The van der Waals surface area contributed by atoms with Gasteiger partial charge in [0.2, 0.25) is 0 Å². The molecule has 2 amide bonds. The van der Waals surface area contributed by atoms with Crippen LogP contribution in [0.3, 0.4) is 0 Å². The molecule has 0 radical (unpaired) electrons. The summed E-state index contributed by atoms with van der Waals surface area (Å²) in [5, 5.41) is 3.11. The third-order valence-electron chi connectivity index (χ3n) is 5.31. The van der Waals surface area contributed by atoms with E-state index in [1.807, 2.05) is 24.3 Å². The SMILES string of the molecule is COCc1ccccc1NC(=O)N1CCCC1C1CCCCC1. The minimum Gasteiger partial charge on any atom is -0.380 e. The van der Waals surface area contributed by atoms with Crippen molar-refractivity contribution in [3.8, 4) is 0 Å². The van der Waals surface area contributed by atoms with Gasteiger partial charge in [-0.3, -0.25) is 0 Å². The van der Waals surface area contributed by atoms with Gasteiger partial charge in [0.1, 0.15) is 0 Å². The van der Waals surface area contributed by atoms with E-state index < -0.39 is 0 Å². The molecule has 0 aromatic heterocycles. The molecule has 1 N–H and O–H groups in total. The van der Waals surface area contributed by atoms with E-state index >= 15 is 0 Å². The molecule has 1 aromatic rings. The number of hydrogen-bond donors (Lipinski definition) is 1. The van der Waals surface area contributed by atoms with Crippen LogP contribution in [0.2, 0.25) is 0 Å². The van der Waals surface area contributed by atoms with Gasteiger partial charge >= 0.3 is 6.03 Å². The van der Waals surface area contributed by atoms with Crippen molar-refractivity contribution in [1.82, 2.24) is 4.90 Å². The van der Waals surface area contributed by atoms with Gasteiger partial charge in [0.05, 0.1) is 6.61 Å². The summed E-state index contributed by atoms with van der Waals surface area (Å²) >= 11 is 0. The zero-order valence-corrected chi connectivity index (χ0v) is 14.1. The Balaban J connectivity index is 1.67. The van der Waals surface area contributed by atoms with E-state index in [4.69, 9.17) is 4.74 Å². The highest BCUT2D eigenvalue weighted by Gasteiger charge is 2.35. The topological polar surface area (TPSA) is 41.6 Å². The van der Waals surface area contributed by atoms with Crippen LogP contribution >= 0.6 is 0 Å². The van der Waals surface area contributed by atoms with Gasteiger partial charge < -0.3 is 15.0 Å². The van der Waals surface area contributed by atoms with Crippen molar-refractivity contribution in [2.45, 2.75) is 57.6 Å². The molecule has 4 heteroatoms. The highest BCUT2D eigenvalue weighted by molar-refractivity contribution is 5.90. The van der Waals surface area contributed by atoms with E-state index in [1.165, 1.54) is 32.1 Å². The van der Waals surface area contributed by atoms with E-state index in [2.05, 4.69) is 10.2 Å². The quantitative estimate of drug-likeness (QED) is 0.894. The summed E-state index contributed by atoms with van der Waals surface area (Å²) in [7, 11) is 1.68. The molecular formula is C19H28N2O2. The van der Waals surface area contributed by atoms with Gasteiger partial charge in [-0.2, -0.15) is 0 Å². The number of likely N-dealkylation sites (tertiary alicyclic amines) is 1. The summed E-state index contributed by atoms with van der Waals surface area (Å²) < 4.78 is 5.23. The van der Waals surface area contributed by atoms with Crippen LogP contribution < -0.4 is 5.32 Å². The number of amides is 2. The molecule has 0 spiro atoms. The highest BCUT2D eigenvalue weighted by Crippen LogP contribution is 2.34. The molecule has 1 saturated heterocycles. The van der Waals surface area contributed by atoms with Crippen molar-refractivity contribution in [3.63, 3.8) is 0 Å². The number of methoxy groups -OCH3 is 1. The Bertz CT molecular complexity index is 526. The number of anilines is 1. The van der Waals surface area contributed by atoms with Crippen LogP contribution in [-0.2, 0) is 11.3 Å². The van der Waals surface area contributed by atoms with Crippen LogP contribution in [0.15, 0.2) is 24.3 Å². The van der Waals surface area contributed by atoms with Crippen molar-refractivity contribution >= 4 is 11.7 Å². The van der Waals surface area contributed by atoms with Crippen molar-refractivity contribution < 1.29 is 9.53 Å². The number of rotatable bonds is 4. The maximum atomic E-state index is 12.8. The first-order valence-electron chi connectivity index (χ1n) is 8.94. The average molecular weight is 316 g/mol. The maximum absolute atomic E-state index is 12.8. The number of hydrogen-bond acceptors (Lipinski definition) is 2. The Morgan fingerprint density at radius 1 is 1.17 bits per heavy atom. The van der Waals surface area contributed by atoms with E-state index in [1.54, 1.807) is 7.11 Å². The fraction of sp³-hybridized carbons (Fsp3) is 0.632. The number of para-hydroxylation sites is 1. The maximum Gasteiger partial charge on any atom is 0.322 e. The molecule has 2 aliphatic rings. The molecular weight excluding hydrogens is 288 g/mol. The smallest absolute Gasteiger partial charge is 0.322 e. The van der Waals surface area contributed by atoms with E-state index in [0.29, 0.717) is 18.6 Å². The Kier molecular flexibility index (Phi) is 5.55. The number of nitrogens with one attached hydrogen (secondary N) is 1. The van der Waals surface area contributed by atoms with Crippen molar-refractivity contribution in [2.75, 3.05) is 19.0 Å². The zero-order valence-electron chi connectivity index (χ0n) is 14.1. The number of nitrogens with zero attached hydrogens (tertiary/aromatic N) is 1. The predicted molar refractivity (Wildman–Crippen MR) is 92.5 cm³/mol. The molecule has 1 aliphatic heterocycles. The van der Waals surface area contributed by atoms with Crippen LogP contribution in [0.4, 0.5) is 10.5 Å². The summed E-state index contributed by atoms with van der Waals surface area (Å²) in [5.74, 6) is 0.700. The molecule has 1 aliphatic carbocycles. The molecule has 23 heavy (non-hydrogen) atoms. The van der Waals surface area contributed by atoms with Gasteiger partial charge in [0.15, 0.2) is 0 Å². The summed E-state index contributed by atoms with van der Waals surface area (Å²) in [6.45, 7) is 1.40. The molecule has 1 unspecified atom stereocenters. The molecule has 126 valence electrons. The van der Waals surface area contributed by atoms with E-state index in [0.717, 1.165) is 30.6 Å². The number of benzene rings is 1. The van der Waals surface area contributed by atoms with Crippen LogP contribution in [0.25, 0.3) is 0 Å². The second-order valence-electron chi connectivity index (χ2n) is 6.82. The lowest BCUT2D eigenvalue weighted by atomic mass is 9.83. The normalized spacial score (nSPS) is 22.3. The predicted octanol–water partition coefficient (Wildman–Crippen LogP) is 4.41. The molecule has 1 heterocycles. The highest BCUT2D eigenvalue weighted by atomic mass is 16.5. The lowest BCUT2D eigenvalue weighted by Gasteiger charge is -2.34. The lowest BCUT2D eigenvalue weighted by molar-refractivity contribution is 0.166. The van der Waals surface area contributed by atoms with Gasteiger partial charge in [-0.15, -0.1) is 0 Å². The molecule has 0 bridgehead atoms. The summed E-state index contributed by atoms with van der Waals surface area (Å²) in [4.78, 5) is 14.9. The Morgan fingerprint density at radius 3 is 2.74 bits per heavy atom. The number of urea groups is 1. The van der Waals surface area contributed by atoms with Crippen molar-refractivity contribution in [1.29, 1.82) is 0 Å². The standard InChI is InChI=1S/C19H28N2O2/c1-23-14-16-10-5-6-11-17(16)20-19(22)21-13-7-12-18(21)15-8-3-2-4-9-15/h5-6,10-11,15,18H,2-4,7-9,12-14H2,1H3,(H,20,22). The van der Waals surface area contributed by atoms with Crippen LogP contribution in [0, 0.1) is 5.92 Å². The second kappa shape index (κ2) is 7.82. The van der Waals surface area contributed by atoms with Gasteiger partial charge in [-0.05, 0) is 37.7 Å². The van der Waals surface area contributed by atoms with Crippen LogP contribution in [0.5, 0.6) is 0 Å². The minimum absolute atomic E-state index is 0.0571.